The topological polar surface area (TPSA) is 39.7 Å². The van der Waals surface area contributed by atoms with Crippen molar-refractivity contribution in [1.82, 2.24) is 5.48 Å². The van der Waals surface area contributed by atoms with Gasteiger partial charge in [0, 0.05) is 18.5 Å². The van der Waals surface area contributed by atoms with E-state index in [-0.39, 0.29) is 0 Å². The van der Waals surface area contributed by atoms with E-state index in [0.29, 0.717) is 19.8 Å². The molecular weight excluding hydrogens is 206 g/mol. The molecule has 0 fully saturated rings. The highest BCUT2D eigenvalue weighted by Gasteiger charge is 2.13. The highest BCUT2D eigenvalue weighted by atomic mass is 16.6. The average Bonchev–Trinajstić information content (AvgIpc) is 2.55. The summed E-state index contributed by atoms with van der Waals surface area (Å²) in [5.74, 6) is 1.67. The lowest BCUT2D eigenvalue weighted by Crippen LogP contribution is -2.14. The number of ether oxygens (including phenoxy) is 2. The molecule has 4 heteroatoms. The molecule has 0 aromatic heterocycles. The molecule has 4 nitrogen and oxygen atoms in total. The summed E-state index contributed by atoms with van der Waals surface area (Å²) in [5.41, 5.74) is 3.95. The van der Waals surface area contributed by atoms with Crippen LogP contribution >= 0.6 is 0 Å². The second-order valence-electron chi connectivity index (χ2n) is 3.55. The van der Waals surface area contributed by atoms with Crippen molar-refractivity contribution in [3.8, 4) is 11.5 Å². The van der Waals surface area contributed by atoms with E-state index in [9.17, 15) is 0 Å². The SMILES string of the molecule is CCONCc1cccc2c1OCCCO2. The van der Waals surface area contributed by atoms with Crippen LogP contribution in [0.2, 0.25) is 0 Å². The number of para-hydroxylation sites is 1. The van der Waals surface area contributed by atoms with E-state index in [2.05, 4.69) is 5.48 Å². The second-order valence-corrected chi connectivity index (χ2v) is 3.55. The molecule has 0 aliphatic carbocycles. The summed E-state index contributed by atoms with van der Waals surface area (Å²) < 4.78 is 11.3. The van der Waals surface area contributed by atoms with Gasteiger partial charge in [0.1, 0.15) is 0 Å². The zero-order chi connectivity index (χ0) is 11.2. The number of fused-ring (bicyclic) bond motifs is 1. The summed E-state index contributed by atoms with van der Waals surface area (Å²) in [6, 6.07) is 5.92. The molecule has 1 N–H and O–H groups in total. The third-order valence-electron chi connectivity index (χ3n) is 2.36. The third-order valence-corrected chi connectivity index (χ3v) is 2.36. The maximum Gasteiger partial charge on any atom is 0.165 e. The summed E-state index contributed by atoms with van der Waals surface area (Å²) in [5, 5.41) is 0. The molecule has 1 aromatic rings. The number of hydrogen-bond acceptors (Lipinski definition) is 4. The van der Waals surface area contributed by atoms with Crippen LogP contribution in [-0.2, 0) is 11.4 Å². The van der Waals surface area contributed by atoms with E-state index < -0.39 is 0 Å². The quantitative estimate of drug-likeness (QED) is 0.625. The van der Waals surface area contributed by atoms with Crippen molar-refractivity contribution >= 4 is 0 Å². The van der Waals surface area contributed by atoms with E-state index in [0.717, 1.165) is 30.1 Å². The number of rotatable bonds is 4. The first-order valence-electron chi connectivity index (χ1n) is 5.64. The van der Waals surface area contributed by atoms with Gasteiger partial charge in [-0.3, -0.25) is 0 Å². The number of nitrogens with one attached hydrogen (secondary N) is 1. The number of hydroxylamine groups is 1. The minimum absolute atomic E-state index is 0.625. The number of benzene rings is 1. The van der Waals surface area contributed by atoms with Crippen LogP contribution in [0.1, 0.15) is 18.9 Å². The molecule has 16 heavy (non-hydrogen) atoms. The summed E-state index contributed by atoms with van der Waals surface area (Å²) in [4.78, 5) is 5.11. The Morgan fingerprint density at radius 1 is 1.31 bits per heavy atom. The summed E-state index contributed by atoms with van der Waals surface area (Å²) >= 11 is 0. The minimum Gasteiger partial charge on any atom is -0.490 e. The molecule has 1 aromatic carbocycles. The molecular formula is C12H17NO3. The van der Waals surface area contributed by atoms with Crippen LogP contribution in [0.15, 0.2) is 18.2 Å². The maximum absolute atomic E-state index is 5.69. The van der Waals surface area contributed by atoms with Crippen LogP contribution in [0.3, 0.4) is 0 Å². The van der Waals surface area contributed by atoms with Gasteiger partial charge in [-0.2, -0.15) is 5.48 Å². The molecule has 0 amide bonds. The van der Waals surface area contributed by atoms with E-state index in [1.54, 1.807) is 0 Å². The molecule has 1 aliphatic rings. The van der Waals surface area contributed by atoms with Gasteiger partial charge in [-0.1, -0.05) is 12.1 Å². The fourth-order valence-corrected chi connectivity index (χ4v) is 1.62. The van der Waals surface area contributed by atoms with Gasteiger partial charge < -0.3 is 14.3 Å². The molecule has 0 spiro atoms. The molecule has 88 valence electrons. The molecule has 1 aliphatic heterocycles. The van der Waals surface area contributed by atoms with Gasteiger partial charge in [-0.15, -0.1) is 0 Å². The first kappa shape index (κ1) is 11.2. The molecule has 0 radical (unpaired) electrons. The standard InChI is InChI=1S/C12H17NO3/c1-2-16-13-9-10-5-3-6-11-12(10)15-8-4-7-14-11/h3,5-6,13H,2,4,7-9H2,1H3. The lowest BCUT2D eigenvalue weighted by atomic mass is 10.2. The third kappa shape index (κ3) is 2.65. The van der Waals surface area contributed by atoms with Gasteiger partial charge in [0.2, 0.25) is 0 Å². The Kier molecular flexibility index (Phi) is 4.02. The van der Waals surface area contributed by atoms with Crippen LogP contribution < -0.4 is 15.0 Å². The zero-order valence-corrected chi connectivity index (χ0v) is 9.49. The smallest absolute Gasteiger partial charge is 0.165 e. The van der Waals surface area contributed by atoms with Gasteiger partial charge in [-0.05, 0) is 13.0 Å². The predicted octanol–water partition coefficient (Wildman–Crippen LogP) is 1.89. The van der Waals surface area contributed by atoms with Gasteiger partial charge in [0.25, 0.3) is 0 Å². The van der Waals surface area contributed by atoms with Crippen molar-refractivity contribution in [3.63, 3.8) is 0 Å². The minimum atomic E-state index is 0.625. The Bertz CT molecular complexity index is 341. The molecule has 0 bridgehead atoms. The number of hydrogen-bond donors (Lipinski definition) is 1. The van der Waals surface area contributed by atoms with Crippen LogP contribution in [0.5, 0.6) is 11.5 Å². The van der Waals surface area contributed by atoms with Crippen LogP contribution in [0.25, 0.3) is 0 Å². The lowest BCUT2D eigenvalue weighted by Gasteiger charge is -2.12. The first-order valence-corrected chi connectivity index (χ1v) is 5.64. The summed E-state index contributed by atoms with van der Waals surface area (Å²) in [6.07, 6.45) is 0.924. The fraction of sp³-hybridized carbons (Fsp3) is 0.500. The van der Waals surface area contributed by atoms with Gasteiger partial charge in [0.15, 0.2) is 11.5 Å². The Balaban J connectivity index is 2.11. The lowest BCUT2D eigenvalue weighted by molar-refractivity contribution is 0.0458. The highest BCUT2D eigenvalue weighted by Crippen LogP contribution is 2.32. The second kappa shape index (κ2) is 5.72. The van der Waals surface area contributed by atoms with E-state index in [4.69, 9.17) is 14.3 Å². The Morgan fingerprint density at radius 2 is 2.19 bits per heavy atom. The van der Waals surface area contributed by atoms with Crippen molar-refractivity contribution in [1.29, 1.82) is 0 Å². The highest BCUT2D eigenvalue weighted by molar-refractivity contribution is 5.46. The van der Waals surface area contributed by atoms with Crippen molar-refractivity contribution < 1.29 is 14.3 Å². The van der Waals surface area contributed by atoms with Crippen molar-refractivity contribution in [3.05, 3.63) is 23.8 Å². The van der Waals surface area contributed by atoms with Crippen LogP contribution in [0.4, 0.5) is 0 Å². The van der Waals surface area contributed by atoms with Crippen molar-refractivity contribution in [2.24, 2.45) is 0 Å². The maximum atomic E-state index is 5.69. The Hall–Kier alpha value is -1.26. The van der Waals surface area contributed by atoms with Gasteiger partial charge in [-0.25, -0.2) is 0 Å². The molecule has 0 unspecified atom stereocenters. The van der Waals surface area contributed by atoms with Crippen molar-refractivity contribution in [2.75, 3.05) is 19.8 Å². The fourth-order valence-electron chi connectivity index (χ4n) is 1.62. The largest absolute Gasteiger partial charge is 0.490 e. The molecule has 0 saturated carbocycles. The Labute approximate surface area is 95.5 Å². The summed E-state index contributed by atoms with van der Waals surface area (Å²) in [6.45, 7) is 4.64. The first-order chi connectivity index (χ1) is 7.92. The molecule has 0 atom stereocenters. The van der Waals surface area contributed by atoms with Crippen LogP contribution in [0, 0.1) is 0 Å². The predicted molar refractivity (Wildman–Crippen MR) is 60.5 cm³/mol. The van der Waals surface area contributed by atoms with E-state index in [1.807, 2.05) is 25.1 Å². The van der Waals surface area contributed by atoms with Crippen LogP contribution in [-0.4, -0.2) is 19.8 Å². The monoisotopic (exact) mass is 223 g/mol. The molecule has 1 heterocycles. The van der Waals surface area contributed by atoms with E-state index in [1.165, 1.54) is 0 Å². The Morgan fingerprint density at radius 3 is 3.06 bits per heavy atom. The average molecular weight is 223 g/mol. The molecule has 2 rings (SSSR count). The zero-order valence-electron chi connectivity index (χ0n) is 9.49. The van der Waals surface area contributed by atoms with Gasteiger partial charge >= 0.3 is 0 Å². The van der Waals surface area contributed by atoms with E-state index >= 15 is 0 Å². The van der Waals surface area contributed by atoms with Gasteiger partial charge in [0.05, 0.1) is 19.8 Å². The van der Waals surface area contributed by atoms with Crippen molar-refractivity contribution in [2.45, 2.75) is 19.9 Å². The normalized spacial score (nSPS) is 14.6. The molecule has 0 saturated heterocycles. The summed E-state index contributed by atoms with van der Waals surface area (Å²) in [7, 11) is 0.